The molecule has 1 aliphatic rings. The molecule has 0 amide bonds. The monoisotopic (exact) mass is 212 g/mol. The lowest BCUT2D eigenvalue weighted by Gasteiger charge is -2.37. The minimum absolute atomic E-state index is 0.696. The van der Waals surface area contributed by atoms with Crippen LogP contribution in [-0.4, -0.2) is 37.1 Å². The number of nitrogens with zero attached hydrogens (tertiary/aromatic N) is 1. The minimum atomic E-state index is 0.696. The van der Waals surface area contributed by atoms with Crippen LogP contribution in [0.15, 0.2) is 0 Å². The van der Waals surface area contributed by atoms with Gasteiger partial charge in [0.1, 0.15) is 0 Å². The van der Waals surface area contributed by atoms with Crippen LogP contribution in [0, 0.1) is 0 Å². The van der Waals surface area contributed by atoms with Crippen LogP contribution in [0.4, 0.5) is 0 Å². The molecule has 1 aliphatic heterocycles. The van der Waals surface area contributed by atoms with Gasteiger partial charge in [-0.15, -0.1) is 0 Å². The topological polar surface area (TPSA) is 15.3 Å². The van der Waals surface area contributed by atoms with Crippen LogP contribution in [-0.2, 0) is 0 Å². The highest BCUT2D eigenvalue weighted by molar-refractivity contribution is 4.79. The Labute approximate surface area is 95.4 Å². The van der Waals surface area contributed by atoms with Crippen molar-refractivity contribution >= 4 is 0 Å². The van der Waals surface area contributed by atoms with Gasteiger partial charge in [-0.3, -0.25) is 4.90 Å². The first-order valence-corrected chi connectivity index (χ1v) is 6.73. The lowest BCUT2D eigenvalue weighted by Crippen LogP contribution is -2.46. The molecule has 2 heteroatoms. The van der Waals surface area contributed by atoms with Gasteiger partial charge >= 0.3 is 0 Å². The molecule has 0 aromatic rings. The molecular weight excluding hydrogens is 184 g/mol. The molecule has 0 radical (unpaired) electrons. The number of piperidine rings is 1. The van der Waals surface area contributed by atoms with Crippen molar-refractivity contribution in [1.82, 2.24) is 10.2 Å². The summed E-state index contributed by atoms with van der Waals surface area (Å²) >= 11 is 0. The third-order valence-electron chi connectivity index (χ3n) is 3.72. The van der Waals surface area contributed by atoms with E-state index < -0.39 is 0 Å². The molecule has 1 N–H and O–H groups in total. The highest BCUT2D eigenvalue weighted by Crippen LogP contribution is 2.19. The predicted molar refractivity (Wildman–Crippen MR) is 67.3 cm³/mol. The van der Waals surface area contributed by atoms with E-state index in [1.807, 2.05) is 0 Å². The van der Waals surface area contributed by atoms with E-state index in [0.717, 1.165) is 6.04 Å². The Morgan fingerprint density at radius 2 is 2.13 bits per heavy atom. The number of rotatable bonds is 6. The standard InChI is InChI=1S/C13H28N2/c1-4-8-12(14-3)11-15-10-7-6-9-13(15)5-2/h12-14H,4-11H2,1-3H3. The normalized spacial score (nSPS) is 25.4. The first-order chi connectivity index (χ1) is 7.31. The van der Waals surface area contributed by atoms with Crippen LogP contribution in [0.3, 0.4) is 0 Å². The predicted octanol–water partition coefficient (Wildman–Crippen LogP) is 2.64. The third-order valence-corrected chi connectivity index (χ3v) is 3.72. The van der Waals surface area contributed by atoms with Crippen LogP contribution in [0.25, 0.3) is 0 Å². The fourth-order valence-electron chi connectivity index (χ4n) is 2.72. The summed E-state index contributed by atoms with van der Waals surface area (Å²) in [4.78, 5) is 2.71. The molecule has 1 heterocycles. The number of nitrogens with one attached hydrogen (secondary N) is 1. The van der Waals surface area contributed by atoms with Gasteiger partial charge in [-0.05, 0) is 39.3 Å². The quantitative estimate of drug-likeness (QED) is 0.728. The van der Waals surface area contributed by atoms with Gasteiger partial charge in [0.15, 0.2) is 0 Å². The Morgan fingerprint density at radius 3 is 2.73 bits per heavy atom. The third kappa shape index (κ3) is 4.12. The van der Waals surface area contributed by atoms with Crippen molar-refractivity contribution in [2.45, 2.75) is 64.5 Å². The van der Waals surface area contributed by atoms with Gasteiger partial charge in [0.25, 0.3) is 0 Å². The van der Waals surface area contributed by atoms with Crippen molar-refractivity contribution < 1.29 is 0 Å². The molecule has 1 saturated heterocycles. The summed E-state index contributed by atoms with van der Waals surface area (Å²) in [5.41, 5.74) is 0. The number of hydrogen-bond acceptors (Lipinski definition) is 2. The molecule has 0 aliphatic carbocycles. The van der Waals surface area contributed by atoms with Crippen molar-refractivity contribution in [3.8, 4) is 0 Å². The van der Waals surface area contributed by atoms with Crippen LogP contribution >= 0.6 is 0 Å². The SMILES string of the molecule is CCCC(CN1CCCCC1CC)NC. The van der Waals surface area contributed by atoms with E-state index in [1.54, 1.807) is 0 Å². The van der Waals surface area contributed by atoms with Crippen LogP contribution < -0.4 is 5.32 Å². The summed E-state index contributed by atoms with van der Waals surface area (Å²) in [6.07, 6.45) is 8.17. The highest BCUT2D eigenvalue weighted by Gasteiger charge is 2.22. The molecule has 15 heavy (non-hydrogen) atoms. The van der Waals surface area contributed by atoms with Gasteiger partial charge in [-0.2, -0.15) is 0 Å². The van der Waals surface area contributed by atoms with E-state index >= 15 is 0 Å². The number of likely N-dealkylation sites (N-methyl/N-ethyl adjacent to an activating group) is 1. The molecule has 2 atom stereocenters. The molecule has 1 rings (SSSR count). The summed E-state index contributed by atoms with van der Waals surface area (Å²) in [6, 6.07) is 1.55. The van der Waals surface area contributed by atoms with E-state index in [-0.39, 0.29) is 0 Å². The van der Waals surface area contributed by atoms with Crippen molar-refractivity contribution in [2.75, 3.05) is 20.1 Å². The molecule has 90 valence electrons. The maximum absolute atomic E-state index is 3.45. The Kier molecular flexibility index (Phi) is 6.26. The molecular formula is C13H28N2. The fraction of sp³-hybridized carbons (Fsp3) is 1.00. The lowest BCUT2D eigenvalue weighted by atomic mass is 9.98. The van der Waals surface area contributed by atoms with Crippen molar-refractivity contribution in [3.63, 3.8) is 0 Å². The maximum atomic E-state index is 3.45. The number of hydrogen-bond donors (Lipinski definition) is 1. The van der Waals surface area contributed by atoms with Crippen LogP contribution in [0.2, 0.25) is 0 Å². The molecule has 2 nitrogen and oxygen atoms in total. The molecule has 0 saturated carbocycles. The zero-order valence-corrected chi connectivity index (χ0v) is 10.8. The fourth-order valence-corrected chi connectivity index (χ4v) is 2.72. The largest absolute Gasteiger partial charge is 0.316 e. The average Bonchev–Trinajstić information content (AvgIpc) is 2.29. The minimum Gasteiger partial charge on any atom is -0.316 e. The second kappa shape index (κ2) is 7.24. The second-order valence-electron chi connectivity index (χ2n) is 4.83. The molecule has 1 fully saturated rings. The van der Waals surface area contributed by atoms with Crippen molar-refractivity contribution in [3.05, 3.63) is 0 Å². The summed E-state index contributed by atoms with van der Waals surface area (Å²) in [6.45, 7) is 7.18. The van der Waals surface area contributed by atoms with E-state index in [2.05, 4.69) is 31.1 Å². The van der Waals surface area contributed by atoms with E-state index in [9.17, 15) is 0 Å². The van der Waals surface area contributed by atoms with Gasteiger partial charge in [-0.25, -0.2) is 0 Å². The zero-order chi connectivity index (χ0) is 11.1. The summed E-state index contributed by atoms with van der Waals surface area (Å²) in [5, 5.41) is 3.45. The lowest BCUT2D eigenvalue weighted by molar-refractivity contribution is 0.128. The van der Waals surface area contributed by atoms with E-state index in [0.29, 0.717) is 6.04 Å². The zero-order valence-electron chi connectivity index (χ0n) is 10.8. The second-order valence-corrected chi connectivity index (χ2v) is 4.83. The Balaban J connectivity index is 2.38. The van der Waals surface area contributed by atoms with Gasteiger partial charge < -0.3 is 5.32 Å². The van der Waals surface area contributed by atoms with Gasteiger partial charge in [0, 0.05) is 18.6 Å². The Hall–Kier alpha value is -0.0800. The smallest absolute Gasteiger partial charge is 0.0192 e. The first-order valence-electron chi connectivity index (χ1n) is 6.73. The van der Waals surface area contributed by atoms with E-state index in [1.165, 1.54) is 51.6 Å². The maximum Gasteiger partial charge on any atom is 0.0192 e. The molecule has 0 spiro atoms. The van der Waals surface area contributed by atoms with Gasteiger partial charge in [-0.1, -0.05) is 26.7 Å². The molecule has 0 aromatic carbocycles. The summed E-state index contributed by atoms with van der Waals surface area (Å²) < 4.78 is 0. The van der Waals surface area contributed by atoms with Crippen LogP contribution in [0.5, 0.6) is 0 Å². The average molecular weight is 212 g/mol. The highest BCUT2D eigenvalue weighted by atomic mass is 15.2. The Bertz CT molecular complexity index is 159. The van der Waals surface area contributed by atoms with Crippen LogP contribution in [0.1, 0.15) is 52.4 Å². The summed E-state index contributed by atoms with van der Waals surface area (Å²) in [5.74, 6) is 0. The van der Waals surface area contributed by atoms with Gasteiger partial charge in [0.05, 0.1) is 0 Å². The van der Waals surface area contributed by atoms with Gasteiger partial charge in [0.2, 0.25) is 0 Å². The van der Waals surface area contributed by atoms with E-state index in [4.69, 9.17) is 0 Å². The first kappa shape index (κ1) is 13.0. The molecule has 0 aromatic heterocycles. The summed E-state index contributed by atoms with van der Waals surface area (Å²) in [7, 11) is 2.10. The Morgan fingerprint density at radius 1 is 1.33 bits per heavy atom. The van der Waals surface area contributed by atoms with Crippen molar-refractivity contribution in [1.29, 1.82) is 0 Å². The molecule has 2 unspecified atom stereocenters. The number of likely N-dealkylation sites (tertiary alicyclic amines) is 1. The van der Waals surface area contributed by atoms with Crippen molar-refractivity contribution in [2.24, 2.45) is 0 Å². The molecule has 0 bridgehead atoms.